The maximum atomic E-state index is 6.82. The number of fused-ring (bicyclic) bond motifs is 16. The Morgan fingerprint density at radius 3 is 1.77 bits per heavy atom. The summed E-state index contributed by atoms with van der Waals surface area (Å²) in [4.78, 5) is 0. The molecule has 0 N–H and O–H groups in total. The van der Waals surface area contributed by atoms with Crippen LogP contribution in [0.25, 0.3) is 55.3 Å². The molecule has 7 aromatic rings. The molecule has 1 heterocycles. The van der Waals surface area contributed by atoms with Crippen molar-refractivity contribution in [2.24, 2.45) is 0 Å². The van der Waals surface area contributed by atoms with Crippen molar-refractivity contribution >= 4 is 37.9 Å². The van der Waals surface area contributed by atoms with Crippen molar-refractivity contribution in [2.45, 2.75) is 5.41 Å². The summed E-state index contributed by atoms with van der Waals surface area (Å²) >= 11 is 3.86. The molecule has 1 unspecified atom stereocenters. The van der Waals surface area contributed by atoms with Gasteiger partial charge in [-0.15, -0.1) is 0 Å². The minimum absolute atomic E-state index is 0.561. The van der Waals surface area contributed by atoms with Crippen LogP contribution in [0.4, 0.5) is 0 Å². The molecule has 1 aromatic heterocycles. The number of halogens is 1. The molecule has 0 amide bonds. The van der Waals surface area contributed by atoms with E-state index in [2.05, 4.69) is 143 Å². The lowest BCUT2D eigenvalue weighted by Gasteiger charge is -2.35. The number of para-hydroxylation sites is 1. The van der Waals surface area contributed by atoms with Gasteiger partial charge in [0.2, 0.25) is 0 Å². The summed E-state index contributed by atoms with van der Waals surface area (Å²) in [5, 5.41) is 2.31. The monoisotopic (exact) mass is 560 g/mol. The van der Waals surface area contributed by atoms with Gasteiger partial charge >= 0.3 is 0 Å². The zero-order valence-electron chi connectivity index (χ0n) is 20.9. The van der Waals surface area contributed by atoms with Gasteiger partial charge in [-0.25, -0.2) is 0 Å². The van der Waals surface area contributed by atoms with Crippen molar-refractivity contribution in [1.29, 1.82) is 0 Å². The van der Waals surface area contributed by atoms with Crippen LogP contribution in [-0.4, -0.2) is 0 Å². The Labute approximate surface area is 234 Å². The quantitative estimate of drug-likeness (QED) is 0.180. The fraction of sp³-hybridized carbons (Fsp3) is 0.0270. The summed E-state index contributed by atoms with van der Waals surface area (Å²) in [6.45, 7) is 0. The molecule has 39 heavy (non-hydrogen) atoms. The summed E-state index contributed by atoms with van der Waals surface area (Å²) in [6, 6.07) is 46.5. The average molecular weight is 561 g/mol. The molecule has 182 valence electrons. The van der Waals surface area contributed by atoms with Gasteiger partial charge in [-0.3, -0.25) is 0 Å². The third-order valence-electron chi connectivity index (χ3n) is 8.77. The minimum atomic E-state index is -0.561. The number of rotatable bonds is 0. The van der Waals surface area contributed by atoms with Gasteiger partial charge in [-0.1, -0.05) is 119 Å². The van der Waals surface area contributed by atoms with Crippen LogP contribution >= 0.6 is 15.9 Å². The molecule has 0 saturated carbocycles. The van der Waals surface area contributed by atoms with E-state index in [0.29, 0.717) is 0 Å². The fourth-order valence-electron chi connectivity index (χ4n) is 7.33. The van der Waals surface area contributed by atoms with Crippen LogP contribution in [0.15, 0.2) is 136 Å². The van der Waals surface area contributed by atoms with Gasteiger partial charge in [0, 0.05) is 20.8 Å². The summed E-state index contributed by atoms with van der Waals surface area (Å²) < 4.78 is 7.89. The molecule has 2 heteroatoms. The average Bonchev–Trinajstić information content (AvgIpc) is 3.48. The van der Waals surface area contributed by atoms with Gasteiger partial charge in [0.05, 0.1) is 5.41 Å². The molecular weight excluding hydrogens is 540 g/mol. The molecule has 1 atom stereocenters. The lowest BCUT2D eigenvalue weighted by molar-refractivity contribution is 0.650. The van der Waals surface area contributed by atoms with E-state index in [4.69, 9.17) is 4.42 Å². The first-order valence-corrected chi connectivity index (χ1v) is 14.1. The normalized spacial score (nSPS) is 16.4. The van der Waals surface area contributed by atoms with E-state index in [9.17, 15) is 0 Å². The van der Waals surface area contributed by atoms with Crippen LogP contribution in [-0.2, 0) is 5.41 Å². The van der Waals surface area contributed by atoms with Crippen LogP contribution in [0.3, 0.4) is 0 Å². The molecule has 0 saturated heterocycles. The molecule has 6 aromatic carbocycles. The van der Waals surface area contributed by atoms with Gasteiger partial charge in [0.25, 0.3) is 0 Å². The van der Waals surface area contributed by atoms with E-state index < -0.39 is 5.41 Å². The van der Waals surface area contributed by atoms with Crippen LogP contribution in [0.1, 0.15) is 22.3 Å². The third kappa shape index (κ3) is 2.60. The number of hydrogen-bond donors (Lipinski definition) is 0. The topological polar surface area (TPSA) is 13.1 Å². The second kappa shape index (κ2) is 7.59. The highest BCUT2D eigenvalue weighted by Crippen LogP contribution is 2.63. The van der Waals surface area contributed by atoms with Gasteiger partial charge < -0.3 is 4.42 Å². The lowest BCUT2D eigenvalue weighted by Crippen LogP contribution is -2.29. The highest BCUT2D eigenvalue weighted by Gasteiger charge is 2.51. The van der Waals surface area contributed by atoms with Gasteiger partial charge in [0.1, 0.15) is 11.2 Å². The molecule has 0 aliphatic heterocycles. The fourth-order valence-corrected chi connectivity index (χ4v) is 7.69. The van der Waals surface area contributed by atoms with Crippen LogP contribution in [0.5, 0.6) is 0 Å². The van der Waals surface area contributed by atoms with Crippen LogP contribution in [0, 0.1) is 0 Å². The molecule has 2 aliphatic carbocycles. The second-order valence-corrected chi connectivity index (χ2v) is 11.5. The third-order valence-corrected chi connectivity index (χ3v) is 9.26. The zero-order chi connectivity index (χ0) is 25.7. The van der Waals surface area contributed by atoms with E-state index >= 15 is 0 Å². The first-order chi connectivity index (χ1) is 19.3. The molecule has 0 fully saturated rings. The maximum absolute atomic E-state index is 6.82. The number of benzene rings is 6. The van der Waals surface area contributed by atoms with Crippen molar-refractivity contribution in [2.75, 3.05) is 0 Å². The van der Waals surface area contributed by atoms with Gasteiger partial charge in [-0.05, 0) is 74.3 Å². The van der Waals surface area contributed by atoms with E-state index in [1.807, 2.05) is 0 Å². The summed E-state index contributed by atoms with van der Waals surface area (Å²) in [5.74, 6) is 0. The standard InChI is InChI=1S/C37H21BrO/c38-22-17-18-27-24-10-2-1-9-23(24)25-11-3-6-14-31(25)37(33(27)21-22)32-15-7-4-12-26(32)29-19-20-30-28-13-5-8-16-34(28)39-36(30)35(29)37/h1-21H. The van der Waals surface area contributed by atoms with E-state index in [0.717, 1.165) is 26.4 Å². The summed E-state index contributed by atoms with van der Waals surface area (Å²) in [7, 11) is 0. The maximum Gasteiger partial charge on any atom is 0.140 e. The predicted octanol–water partition coefficient (Wildman–Crippen LogP) is 10.4. The van der Waals surface area contributed by atoms with Crippen molar-refractivity contribution < 1.29 is 4.42 Å². The van der Waals surface area contributed by atoms with Crippen LogP contribution < -0.4 is 0 Å². The minimum Gasteiger partial charge on any atom is -0.456 e. The van der Waals surface area contributed by atoms with Crippen molar-refractivity contribution in [3.05, 3.63) is 154 Å². The molecule has 0 bridgehead atoms. The molecule has 1 spiro atoms. The molecule has 1 nitrogen and oxygen atoms in total. The van der Waals surface area contributed by atoms with Crippen LogP contribution in [0.2, 0.25) is 0 Å². The second-order valence-electron chi connectivity index (χ2n) is 10.5. The Balaban J connectivity index is 1.59. The number of hydrogen-bond acceptors (Lipinski definition) is 1. The Kier molecular flexibility index (Phi) is 4.19. The SMILES string of the molecule is Brc1ccc2c(c1)C1(c3ccccc3-c3ccccc3-2)c2ccccc2-c2ccc3c(oc4ccccc43)c21. The smallest absolute Gasteiger partial charge is 0.140 e. The lowest BCUT2D eigenvalue weighted by atomic mass is 9.65. The van der Waals surface area contributed by atoms with Crippen molar-refractivity contribution in [1.82, 2.24) is 0 Å². The van der Waals surface area contributed by atoms with E-state index in [1.54, 1.807) is 0 Å². The molecule has 9 rings (SSSR count). The van der Waals surface area contributed by atoms with E-state index in [-0.39, 0.29) is 0 Å². The van der Waals surface area contributed by atoms with Crippen molar-refractivity contribution in [3.8, 4) is 33.4 Å². The van der Waals surface area contributed by atoms with Crippen molar-refractivity contribution in [3.63, 3.8) is 0 Å². The first kappa shape index (κ1) is 21.5. The predicted molar refractivity (Wildman–Crippen MR) is 163 cm³/mol. The highest BCUT2D eigenvalue weighted by molar-refractivity contribution is 9.10. The molecule has 2 aliphatic rings. The summed E-state index contributed by atoms with van der Waals surface area (Å²) in [5.41, 5.74) is 14.0. The Bertz CT molecular complexity index is 2150. The summed E-state index contributed by atoms with van der Waals surface area (Å²) in [6.07, 6.45) is 0. The largest absolute Gasteiger partial charge is 0.456 e. The van der Waals surface area contributed by atoms with E-state index in [1.165, 1.54) is 55.6 Å². The number of furan rings is 1. The zero-order valence-corrected chi connectivity index (χ0v) is 22.5. The van der Waals surface area contributed by atoms with Gasteiger partial charge in [-0.2, -0.15) is 0 Å². The molecular formula is C37H21BrO. The Hall–Kier alpha value is -4.40. The molecule has 0 radical (unpaired) electrons. The highest BCUT2D eigenvalue weighted by atomic mass is 79.9. The Morgan fingerprint density at radius 1 is 0.462 bits per heavy atom. The van der Waals surface area contributed by atoms with Gasteiger partial charge in [0.15, 0.2) is 0 Å². The Morgan fingerprint density at radius 2 is 1.03 bits per heavy atom. The first-order valence-electron chi connectivity index (χ1n) is 13.3.